The van der Waals surface area contributed by atoms with E-state index >= 15 is 0 Å². The van der Waals surface area contributed by atoms with Crippen LogP contribution >= 0.6 is 11.8 Å². The van der Waals surface area contributed by atoms with Gasteiger partial charge in [0, 0.05) is 23.6 Å². The summed E-state index contributed by atoms with van der Waals surface area (Å²) < 4.78 is 15.9. The van der Waals surface area contributed by atoms with Crippen LogP contribution in [0.1, 0.15) is 11.5 Å². The van der Waals surface area contributed by atoms with Gasteiger partial charge < -0.3 is 25.1 Å². The maximum absolute atomic E-state index is 13.6. The molecule has 2 aromatic rings. The lowest BCUT2D eigenvalue weighted by atomic mass is 9.77. The molecule has 0 radical (unpaired) electrons. The summed E-state index contributed by atoms with van der Waals surface area (Å²) >= 11 is 0.991. The van der Waals surface area contributed by atoms with Crippen molar-refractivity contribution >= 4 is 35.2 Å². The van der Waals surface area contributed by atoms with Crippen LogP contribution in [0.2, 0.25) is 0 Å². The Morgan fingerprint density at radius 2 is 1.78 bits per heavy atom. The average molecular weight is 454 g/mol. The number of anilines is 1. The number of amides is 2. The van der Waals surface area contributed by atoms with E-state index in [0.29, 0.717) is 22.7 Å². The van der Waals surface area contributed by atoms with Crippen molar-refractivity contribution in [2.75, 3.05) is 19.1 Å². The van der Waals surface area contributed by atoms with E-state index in [1.165, 1.54) is 26.4 Å². The van der Waals surface area contributed by atoms with E-state index in [9.17, 15) is 19.5 Å². The molecular formula is C22H18N2O7S. The molecule has 0 aliphatic carbocycles. The topological polar surface area (TPSA) is 128 Å². The standard InChI is InChI=1S/C22H18N2O7S/c1-29-12-6-3-9(7-14(12)30-2)24-20(26)16-15-11-5-4-10(25)8-13(11)31-22(28)17(15)19(23)32-18(16)21(24)27/h3-8,15-16,18,25H,23H2,1-2H3/t15-,16-,18-/m0/s1. The van der Waals surface area contributed by atoms with Crippen LogP contribution < -0.4 is 24.8 Å². The highest BCUT2D eigenvalue weighted by Gasteiger charge is 2.58. The van der Waals surface area contributed by atoms with Crippen LogP contribution in [0.15, 0.2) is 47.0 Å². The first-order valence-electron chi connectivity index (χ1n) is 9.67. The average Bonchev–Trinajstić information content (AvgIpc) is 3.02. The number of fused-ring (bicyclic) bond motifs is 5. The molecule has 164 valence electrons. The third kappa shape index (κ3) is 2.76. The molecule has 3 N–H and O–H groups in total. The Kier molecular flexibility index (Phi) is 4.55. The molecule has 10 heteroatoms. The minimum atomic E-state index is -0.862. The second kappa shape index (κ2) is 7.20. The zero-order valence-electron chi connectivity index (χ0n) is 17.0. The number of hydrogen-bond donors (Lipinski definition) is 2. The van der Waals surface area contributed by atoms with Crippen LogP contribution in [0.5, 0.6) is 23.0 Å². The number of carbonyl (C=O) groups excluding carboxylic acids is 3. The highest BCUT2D eigenvalue weighted by molar-refractivity contribution is 8.04. The SMILES string of the molecule is COc1ccc(N2C(=O)[C@@H]3[C@H](SC(N)=C4C(=O)Oc5cc(O)ccc5[C@H]43)C2=O)cc1OC. The third-order valence-corrected chi connectivity index (χ3v) is 7.09. The van der Waals surface area contributed by atoms with Crippen LogP contribution in [-0.2, 0) is 14.4 Å². The molecule has 2 aromatic carbocycles. The van der Waals surface area contributed by atoms with Crippen molar-refractivity contribution in [3.05, 3.63) is 52.6 Å². The highest BCUT2D eigenvalue weighted by atomic mass is 32.2. The summed E-state index contributed by atoms with van der Waals surface area (Å²) in [6.07, 6.45) is 0. The minimum Gasteiger partial charge on any atom is -0.508 e. The molecule has 5 rings (SSSR count). The summed E-state index contributed by atoms with van der Waals surface area (Å²) in [5.41, 5.74) is 7.18. The number of aromatic hydroxyl groups is 1. The monoisotopic (exact) mass is 454 g/mol. The number of phenolic OH excluding ortho intramolecular Hbond substituents is 1. The summed E-state index contributed by atoms with van der Waals surface area (Å²) in [4.78, 5) is 40.8. The van der Waals surface area contributed by atoms with E-state index in [0.717, 1.165) is 16.7 Å². The van der Waals surface area contributed by atoms with Crippen molar-refractivity contribution in [3.63, 3.8) is 0 Å². The van der Waals surface area contributed by atoms with Crippen LogP contribution in [0.25, 0.3) is 0 Å². The number of hydrogen-bond acceptors (Lipinski definition) is 9. The second-order valence-corrected chi connectivity index (χ2v) is 8.67. The number of thioether (sulfide) groups is 1. The van der Waals surface area contributed by atoms with E-state index < -0.39 is 34.9 Å². The largest absolute Gasteiger partial charge is 0.508 e. The van der Waals surface area contributed by atoms with E-state index in [1.54, 1.807) is 24.3 Å². The fraction of sp³-hybridized carbons (Fsp3) is 0.227. The predicted molar refractivity (Wildman–Crippen MR) is 115 cm³/mol. The predicted octanol–water partition coefficient (Wildman–Crippen LogP) is 1.89. The second-order valence-electron chi connectivity index (χ2n) is 7.48. The molecule has 2 amide bonds. The van der Waals surface area contributed by atoms with E-state index in [4.69, 9.17) is 19.9 Å². The summed E-state index contributed by atoms with van der Waals surface area (Å²) in [5, 5.41) is 9.14. The maximum atomic E-state index is 13.6. The first kappa shape index (κ1) is 20.3. The number of esters is 1. The molecule has 1 fully saturated rings. The Labute approximate surface area is 186 Å². The van der Waals surface area contributed by atoms with Gasteiger partial charge in [0.2, 0.25) is 11.8 Å². The van der Waals surface area contributed by atoms with Crippen molar-refractivity contribution in [1.82, 2.24) is 0 Å². The number of benzene rings is 2. The van der Waals surface area contributed by atoms with Gasteiger partial charge in [-0.1, -0.05) is 17.8 Å². The van der Waals surface area contributed by atoms with E-state index in [-0.39, 0.29) is 22.1 Å². The number of carbonyl (C=O) groups is 3. The van der Waals surface area contributed by atoms with Gasteiger partial charge >= 0.3 is 5.97 Å². The van der Waals surface area contributed by atoms with Gasteiger partial charge in [-0.15, -0.1) is 0 Å². The number of imide groups is 1. The van der Waals surface area contributed by atoms with Crippen molar-refractivity contribution in [1.29, 1.82) is 0 Å². The molecule has 3 heterocycles. The minimum absolute atomic E-state index is 0.0838. The maximum Gasteiger partial charge on any atom is 0.342 e. The Morgan fingerprint density at radius 1 is 1.03 bits per heavy atom. The van der Waals surface area contributed by atoms with Gasteiger partial charge in [0.1, 0.15) is 16.7 Å². The number of nitrogens with zero attached hydrogens (tertiary/aromatic N) is 1. The molecule has 0 spiro atoms. The van der Waals surface area contributed by atoms with Crippen LogP contribution in [0, 0.1) is 5.92 Å². The van der Waals surface area contributed by atoms with Gasteiger partial charge in [-0.25, -0.2) is 9.69 Å². The zero-order chi connectivity index (χ0) is 22.7. The Morgan fingerprint density at radius 3 is 2.50 bits per heavy atom. The molecular weight excluding hydrogens is 436 g/mol. The normalized spacial score (nSPS) is 24.0. The number of nitrogens with two attached hydrogens (primary N) is 1. The lowest BCUT2D eigenvalue weighted by Crippen LogP contribution is -2.39. The Balaban J connectivity index is 1.62. The molecule has 0 unspecified atom stereocenters. The van der Waals surface area contributed by atoms with Gasteiger partial charge in [-0.05, 0) is 18.2 Å². The fourth-order valence-electron chi connectivity index (χ4n) is 4.46. The van der Waals surface area contributed by atoms with Gasteiger partial charge in [-0.2, -0.15) is 0 Å². The van der Waals surface area contributed by atoms with Gasteiger partial charge in [0.25, 0.3) is 0 Å². The first-order valence-corrected chi connectivity index (χ1v) is 10.5. The van der Waals surface area contributed by atoms with Gasteiger partial charge in [-0.3, -0.25) is 9.59 Å². The molecule has 32 heavy (non-hydrogen) atoms. The summed E-state index contributed by atoms with van der Waals surface area (Å²) in [6.45, 7) is 0. The molecule has 0 saturated carbocycles. The molecule has 0 aromatic heterocycles. The first-order chi connectivity index (χ1) is 15.3. The van der Waals surface area contributed by atoms with Gasteiger partial charge in [0.05, 0.1) is 36.4 Å². The third-order valence-electron chi connectivity index (χ3n) is 5.87. The Bertz CT molecular complexity index is 1220. The number of methoxy groups -OCH3 is 2. The van der Waals surface area contributed by atoms with Crippen LogP contribution in [0.3, 0.4) is 0 Å². The van der Waals surface area contributed by atoms with E-state index in [1.807, 2.05) is 0 Å². The molecule has 1 saturated heterocycles. The number of ether oxygens (including phenoxy) is 3. The molecule has 0 bridgehead atoms. The van der Waals surface area contributed by atoms with E-state index in [2.05, 4.69) is 0 Å². The number of rotatable bonds is 3. The fourth-order valence-corrected chi connectivity index (χ4v) is 5.70. The van der Waals surface area contributed by atoms with Crippen LogP contribution in [0.4, 0.5) is 5.69 Å². The quantitative estimate of drug-likeness (QED) is 0.406. The molecule has 3 aliphatic heterocycles. The summed E-state index contributed by atoms with van der Waals surface area (Å²) in [7, 11) is 2.95. The van der Waals surface area contributed by atoms with Crippen LogP contribution in [-0.4, -0.2) is 42.4 Å². The molecule has 3 atom stereocenters. The molecule has 9 nitrogen and oxygen atoms in total. The van der Waals surface area contributed by atoms with Crippen molar-refractivity contribution in [2.45, 2.75) is 11.2 Å². The Hall–Kier alpha value is -3.66. The smallest absolute Gasteiger partial charge is 0.342 e. The van der Waals surface area contributed by atoms with Crippen molar-refractivity contribution in [3.8, 4) is 23.0 Å². The lowest BCUT2D eigenvalue weighted by molar-refractivity contribution is -0.131. The number of phenols is 1. The lowest BCUT2D eigenvalue weighted by Gasteiger charge is -2.36. The van der Waals surface area contributed by atoms with Crippen molar-refractivity contribution < 1.29 is 33.7 Å². The summed E-state index contributed by atoms with van der Waals surface area (Å²) in [5.74, 6) is -2.32. The molecule has 3 aliphatic rings. The zero-order valence-corrected chi connectivity index (χ0v) is 17.8. The highest BCUT2D eigenvalue weighted by Crippen LogP contribution is 2.55. The summed E-state index contributed by atoms with van der Waals surface area (Å²) in [6, 6.07) is 9.09. The van der Waals surface area contributed by atoms with Crippen molar-refractivity contribution in [2.24, 2.45) is 11.7 Å². The van der Waals surface area contributed by atoms with Gasteiger partial charge in [0.15, 0.2) is 11.5 Å².